The summed E-state index contributed by atoms with van der Waals surface area (Å²) < 4.78 is 10.7. The minimum atomic E-state index is -0.660. The van der Waals surface area contributed by atoms with E-state index in [1.807, 2.05) is 59.1 Å². The molecule has 0 aliphatic carbocycles. The molecule has 1 fully saturated rings. The molecule has 2 rings (SSSR count). The summed E-state index contributed by atoms with van der Waals surface area (Å²) in [7, 11) is 7.00. The SMILES string of the molecule is C=CC(C)NC.CC.CNC(=O)OCc1ccc(NC)cc1CC[C@@H]1OCC(O)CC1O.CNCC=O.O=CO. The van der Waals surface area contributed by atoms with Crippen molar-refractivity contribution in [2.75, 3.05) is 46.7 Å². The maximum absolute atomic E-state index is 11.3. The molecule has 1 aliphatic rings. The van der Waals surface area contributed by atoms with Crippen molar-refractivity contribution in [3.05, 3.63) is 42.0 Å². The normalized spacial score (nSPS) is 17.6. The molecule has 1 amide bonds. The fourth-order valence-electron chi connectivity index (χ4n) is 2.99. The molecule has 12 nitrogen and oxygen atoms in total. The van der Waals surface area contributed by atoms with E-state index in [4.69, 9.17) is 19.4 Å². The number of carboxylic acid groups (broad SMARTS) is 1. The first-order chi connectivity index (χ1) is 19.2. The van der Waals surface area contributed by atoms with Gasteiger partial charge in [-0.1, -0.05) is 26.0 Å². The number of anilines is 1. The van der Waals surface area contributed by atoms with Crippen molar-refractivity contribution in [2.24, 2.45) is 0 Å². The molecule has 12 heteroatoms. The lowest BCUT2D eigenvalue weighted by Crippen LogP contribution is -2.41. The van der Waals surface area contributed by atoms with Gasteiger partial charge in [-0.25, -0.2) is 4.79 Å². The van der Waals surface area contributed by atoms with Gasteiger partial charge in [-0.2, -0.15) is 0 Å². The van der Waals surface area contributed by atoms with Gasteiger partial charge in [-0.05, 0) is 57.1 Å². The Hall–Kier alpha value is -3.03. The molecular formula is C28H52N4O8. The maximum Gasteiger partial charge on any atom is 0.407 e. The molecule has 1 aromatic carbocycles. The molecule has 0 saturated carbocycles. The third kappa shape index (κ3) is 21.9. The molecule has 1 aromatic rings. The molecule has 40 heavy (non-hydrogen) atoms. The van der Waals surface area contributed by atoms with Gasteiger partial charge < -0.3 is 50.9 Å². The second kappa shape index (κ2) is 29.0. The van der Waals surface area contributed by atoms with Gasteiger partial charge >= 0.3 is 6.09 Å². The number of aliphatic hydroxyl groups excluding tert-OH is 2. The summed E-state index contributed by atoms with van der Waals surface area (Å²) >= 11 is 0. The van der Waals surface area contributed by atoms with Crippen LogP contribution in [0.15, 0.2) is 30.9 Å². The zero-order valence-electron chi connectivity index (χ0n) is 25.1. The van der Waals surface area contributed by atoms with Crippen LogP contribution in [0.3, 0.4) is 0 Å². The van der Waals surface area contributed by atoms with E-state index >= 15 is 0 Å². The quantitative estimate of drug-likeness (QED) is 0.161. The van der Waals surface area contributed by atoms with Crippen LogP contribution in [-0.2, 0) is 32.1 Å². The third-order valence-electron chi connectivity index (χ3n) is 5.30. The van der Waals surface area contributed by atoms with Crippen molar-refractivity contribution in [3.63, 3.8) is 0 Å². The Bertz CT molecular complexity index is 783. The van der Waals surface area contributed by atoms with Crippen molar-refractivity contribution in [3.8, 4) is 0 Å². The molecule has 0 aromatic heterocycles. The minimum Gasteiger partial charge on any atom is -0.483 e. The average Bonchev–Trinajstić information content (AvgIpc) is 2.97. The van der Waals surface area contributed by atoms with E-state index in [0.29, 0.717) is 31.8 Å². The number of aryl methyl sites for hydroxylation is 1. The number of amides is 1. The van der Waals surface area contributed by atoms with Crippen LogP contribution in [0.25, 0.3) is 0 Å². The zero-order chi connectivity index (χ0) is 31.3. The van der Waals surface area contributed by atoms with Crippen LogP contribution in [-0.4, -0.2) is 99.9 Å². The Morgan fingerprint density at radius 1 is 1.18 bits per heavy atom. The number of carbonyl (C=O) groups is 3. The molecule has 3 unspecified atom stereocenters. The van der Waals surface area contributed by atoms with Gasteiger partial charge in [-0.15, -0.1) is 6.58 Å². The summed E-state index contributed by atoms with van der Waals surface area (Å²) in [5, 5.41) is 37.6. The number of hydrogen-bond acceptors (Lipinski definition) is 10. The summed E-state index contributed by atoms with van der Waals surface area (Å²) in [6, 6.07) is 6.30. The fraction of sp³-hybridized carbons (Fsp3) is 0.607. The van der Waals surface area contributed by atoms with E-state index in [0.717, 1.165) is 23.1 Å². The van der Waals surface area contributed by atoms with Gasteiger partial charge in [0.05, 0.1) is 31.5 Å². The van der Waals surface area contributed by atoms with E-state index in [9.17, 15) is 19.8 Å². The summed E-state index contributed by atoms with van der Waals surface area (Å²) in [5.74, 6) is 0. The topological polar surface area (TPSA) is 178 Å². The molecule has 0 radical (unpaired) electrons. The first-order valence-electron chi connectivity index (χ1n) is 13.2. The van der Waals surface area contributed by atoms with E-state index < -0.39 is 18.3 Å². The Morgan fingerprint density at radius 3 is 2.20 bits per heavy atom. The maximum atomic E-state index is 11.3. The summed E-state index contributed by atoms with van der Waals surface area (Å²) in [6.07, 6.45) is 2.31. The number of alkyl carbamates (subject to hydrolysis) is 1. The highest BCUT2D eigenvalue weighted by Gasteiger charge is 2.28. The number of aldehydes is 1. The van der Waals surface area contributed by atoms with Crippen molar-refractivity contribution in [1.82, 2.24) is 16.0 Å². The monoisotopic (exact) mass is 572 g/mol. The first-order valence-corrected chi connectivity index (χ1v) is 13.2. The lowest BCUT2D eigenvalue weighted by atomic mass is 9.95. The number of carbonyl (C=O) groups excluding carboxylic acids is 2. The van der Waals surface area contributed by atoms with E-state index in [1.165, 1.54) is 7.05 Å². The molecule has 0 bridgehead atoms. The molecule has 4 atom stereocenters. The van der Waals surface area contributed by atoms with Crippen LogP contribution in [0, 0.1) is 0 Å². The largest absolute Gasteiger partial charge is 0.483 e. The van der Waals surface area contributed by atoms with E-state index in [1.54, 1.807) is 7.05 Å². The lowest BCUT2D eigenvalue weighted by molar-refractivity contribution is -0.124. The summed E-state index contributed by atoms with van der Waals surface area (Å²) in [6.45, 7) is 10.3. The van der Waals surface area contributed by atoms with Gasteiger partial charge in [-0.3, -0.25) is 4.79 Å². The second-order valence-corrected chi connectivity index (χ2v) is 8.07. The number of hydrogen-bond donors (Lipinski definition) is 7. The van der Waals surface area contributed by atoms with E-state index in [-0.39, 0.29) is 25.8 Å². The molecule has 1 saturated heterocycles. The predicted molar refractivity (Wildman–Crippen MR) is 159 cm³/mol. The number of ether oxygens (including phenoxy) is 2. The van der Waals surface area contributed by atoms with Crippen LogP contribution in [0.2, 0.25) is 0 Å². The average molecular weight is 573 g/mol. The lowest BCUT2D eigenvalue weighted by Gasteiger charge is -2.31. The Kier molecular flexibility index (Phi) is 30.0. The fourth-order valence-corrected chi connectivity index (χ4v) is 2.99. The molecule has 1 aliphatic heterocycles. The molecule has 232 valence electrons. The van der Waals surface area contributed by atoms with Crippen LogP contribution in [0.1, 0.15) is 44.7 Å². The van der Waals surface area contributed by atoms with E-state index in [2.05, 4.69) is 27.8 Å². The van der Waals surface area contributed by atoms with Gasteiger partial charge in [0.15, 0.2) is 0 Å². The third-order valence-corrected chi connectivity index (χ3v) is 5.30. The highest BCUT2D eigenvalue weighted by molar-refractivity contribution is 5.66. The Balaban J connectivity index is -0.000000705. The smallest absolute Gasteiger partial charge is 0.407 e. The van der Waals surface area contributed by atoms with Gasteiger partial charge in [0, 0.05) is 32.2 Å². The predicted octanol–water partition coefficient (Wildman–Crippen LogP) is 1.94. The van der Waals surface area contributed by atoms with Crippen LogP contribution in [0.5, 0.6) is 0 Å². The second-order valence-electron chi connectivity index (χ2n) is 8.07. The number of benzene rings is 1. The number of aliphatic hydroxyl groups is 2. The number of nitrogens with one attached hydrogen (secondary N) is 4. The van der Waals surface area contributed by atoms with Crippen LogP contribution >= 0.6 is 0 Å². The summed E-state index contributed by atoms with van der Waals surface area (Å²) in [4.78, 5) is 29.0. The molecule has 7 N–H and O–H groups in total. The van der Waals surface area contributed by atoms with Crippen molar-refractivity contribution in [2.45, 2.75) is 71.0 Å². The highest BCUT2D eigenvalue weighted by atomic mass is 16.5. The van der Waals surface area contributed by atoms with Crippen molar-refractivity contribution >= 4 is 24.5 Å². The first kappa shape index (κ1) is 41.5. The number of likely N-dealkylation sites (N-methyl/N-ethyl adjacent to an activating group) is 2. The van der Waals surface area contributed by atoms with Crippen molar-refractivity contribution < 1.29 is 39.2 Å². The summed E-state index contributed by atoms with van der Waals surface area (Å²) in [5.41, 5.74) is 2.92. The Labute approximate surface area is 239 Å². The molecule has 1 heterocycles. The van der Waals surface area contributed by atoms with Crippen LogP contribution in [0.4, 0.5) is 10.5 Å². The zero-order valence-corrected chi connectivity index (χ0v) is 25.1. The van der Waals surface area contributed by atoms with Crippen LogP contribution < -0.4 is 21.3 Å². The highest BCUT2D eigenvalue weighted by Crippen LogP contribution is 2.23. The molecular weight excluding hydrogens is 520 g/mol. The number of rotatable bonds is 10. The van der Waals surface area contributed by atoms with Crippen molar-refractivity contribution in [1.29, 1.82) is 0 Å². The molecule has 0 spiro atoms. The standard InChI is InChI=1S/C17H26N2O5.C5H11N.C3H7NO.C2H6.CH2O2/c1-18-13-5-3-12(9-24-17(22)19-2)11(7-13)4-6-16-15(21)8-14(20)10-23-16;1-4-5(2)6-3;1-4-2-3-5;1-2;2-1-3/h3,5,7,14-16,18,20-21H,4,6,8-10H2,1-2H3,(H,19,22);4-6H,1H2,2-3H3;3-4H,2H2,1H3;1-2H3;1H,(H,2,3)/t14?,15?,16-;;;;/m0..../s1. The van der Waals surface area contributed by atoms with Gasteiger partial charge in [0.25, 0.3) is 6.47 Å². The minimum absolute atomic E-state index is 0.186. The Morgan fingerprint density at radius 2 is 1.80 bits per heavy atom. The van der Waals surface area contributed by atoms with Gasteiger partial charge in [0.2, 0.25) is 0 Å². The van der Waals surface area contributed by atoms with Gasteiger partial charge in [0.1, 0.15) is 12.9 Å².